The van der Waals surface area contributed by atoms with Crippen LogP contribution in [0.15, 0.2) is 36.4 Å². The molecule has 1 N–H and O–H groups in total. The first-order valence-electron chi connectivity index (χ1n) is 8.82. The zero-order valence-corrected chi connectivity index (χ0v) is 22.8. The van der Waals surface area contributed by atoms with Crippen LogP contribution in [0.1, 0.15) is 45.1 Å². The normalized spacial score (nSPS) is 18.6. The number of morpholine rings is 1. The molecule has 29 heavy (non-hydrogen) atoms. The summed E-state index contributed by atoms with van der Waals surface area (Å²) in [6.07, 6.45) is -2.87. The molecule has 0 aromatic heterocycles. The maximum absolute atomic E-state index is 13.6. The third-order valence-corrected chi connectivity index (χ3v) is 4.97. The Bertz CT molecular complexity index is 879. The van der Waals surface area contributed by atoms with Crippen molar-refractivity contribution in [3.8, 4) is 0 Å². The molecule has 150 valence electrons. The average Bonchev–Trinajstić information content (AvgIpc) is 3.02. The molecule has 8 heteroatoms. The van der Waals surface area contributed by atoms with Gasteiger partial charge in [-0.2, -0.15) is 0 Å². The van der Waals surface area contributed by atoms with Crippen LogP contribution >= 0.6 is 0 Å². The van der Waals surface area contributed by atoms with Crippen LogP contribution in [0.5, 0.6) is 0 Å². The van der Waals surface area contributed by atoms with E-state index in [4.69, 9.17) is 4.74 Å². The quantitative estimate of drug-likeness (QED) is 0.609. The van der Waals surface area contributed by atoms with E-state index >= 15 is 0 Å². The minimum atomic E-state index is -2.69. The van der Waals surface area contributed by atoms with Crippen LogP contribution in [0.3, 0.4) is 0 Å². The van der Waals surface area contributed by atoms with Crippen LogP contribution in [0.4, 0.5) is 13.2 Å². The fraction of sp³-hybridized carbons (Fsp3) is 0.333. The predicted octanol–water partition coefficient (Wildman–Crippen LogP) is 1.03. The van der Waals surface area contributed by atoms with Crippen LogP contribution in [0, 0.1) is 13.2 Å². The van der Waals surface area contributed by atoms with Gasteiger partial charge in [0.25, 0.3) is 12.3 Å². The molecular weight excluding hydrogens is 502 g/mol. The van der Waals surface area contributed by atoms with Gasteiger partial charge in [0.1, 0.15) is 5.82 Å². The van der Waals surface area contributed by atoms with Crippen LogP contribution in [-0.2, 0) is 17.8 Å². The number of amides is 1. The van der Waals surface area contributed by atoms with Gasteiger partial charge in [-0.3, -0.25) is 9.69 Å². The van der Waals surface area contributed by atoms with Gasteiger partial charge in [-0.25, -0.2) is 13.2 Å². The largest absolute Gasteiger partial charge is 1.00 e. The summed E-state index contributed by atoms with van der Waals surface area (Å²) >= 11 is 0. The van der Waals surface area contributed by atoms with E-state index in [1.807, 2.05) is 12.1 Å². The Balaban J connectivity index is 0.00000150. The van der Waals surface area contributed by atoms with Crippen molar-refractivity contribution in [3.63, 3.8) is 0 Å². The monoisotopic (exact) mass is 524 g/mol. The van der Waals surface area contributed by atoms with E-state index in [0.29, 0.717) is 43.9 Å². The Labute approximate surface area is 227 Å². The summed E-state index contributed by atoms with van der Waals surface area (Å²) in [6.45, 7) is 2.60. The molecule has 0 spiro atoms. The number of nitrogens with zero attached hydrogens (tertiary/aromatic N) is 1. The minimum absolute atomic E-state index is 0. The number of benzene rings is 2. The predicted molar refractivity (Wildman–Crippen MR) is 99.4 cm³/mol. The molecule has 4 nitrogen and oxygen atoms in total. The van der Waals surface area contributed by atoms with Crippen molar-refractivity contribution in [2.75, 3.05) is 19.7 Å². The van der Waals surface area contributed by atoms with E-state index in [0.717, 1.165) is 17.2 Å². The maximum atomic E-state index is 13.6. The number of hydrogen-bond donors (Lipinski definition) is 1. The number of fused-ring (bicyclic) bond motifs is 1. The molecule has 0 bridgehead atoms. The van der Waals surface area contributed by atoms with Crippen LogP contribution in [0.25, 0.3) is 0 Å². The number of carbonyl (C=O) groups is 1. The second-order valence-electron chi connectivity index (χ2n) is 6.89. The standard InChI is InChI=1S/C20H19F3N2O2.CH3.Cs/c21-16-6-12(5-14(8-16)19(22)23)10-25-3-4-27-18(11-25)13-1-2-17-15(7-13)9-24-20(17)26;;/h1-2,5-8,18-19H,3-4,9-11H2,(H,24,26);1H3;/q;-1;+1. The fourth-order valence-electron chi connectivity index (χ4n) is 3.65. The summed E-state index contributed by atoms with van der Waals surface area (Å²) in [7, 11) is 0. The van der Waals surface area contributed by atoms with E-state index in [1.54, 1.807) is 6.07 Å². The summed E-state index contributed by atoms with van der Waals surface area (Å²) in [5, 5.41) is 2.79. The fourth-order valence-corrected chi connectivity index (χ4v) is 3.65. The zero-order chi connectivity index (χ0) is 19.0. The third-order valence-electron chi connectivity index (χ3n) is 4.97. The summed E-state index contributed by atoms with van der Waals surface area (Å²) in [4.78, 5) is 13.7. The molecular formula is C21H22CsF3N2O2. The van der Waals surface area contributed by atoms with Gasteiger partial charge in [0.15, 0.2) is 0 Å². The Kier molecular flexibility index (Phi) is 9.30. The zero-order valence-electron chi connectivity index (χ0n) is 16.6. The molecule has 2 aliphatic rings. The second kappa shape index (κ2) is 10.8. The van der Waals surface area contributed by atoms with Crippen molar-refractivity contribution in [1.29, 1.82) is 0 Å². The minimum Gasteiger partial charge on any atom is -0.371 e. The smallest absolute Gasteiger partial charge is 0.371 e. The van der Waals surface area contributed by atoms with Crippen molar-refractivity contribution >= 4 is 5.91 Å². The van der Waals surface area contributed by atoms with Crippen LogP contribution in [-0.4, -0.2) is 30.5 Å². The average molecular weight is 524 g/mol. The van der Waals surface area contributed by atoms with Gasteiger partial charge >= 0.3 is 68.9 Å². The first-order chi connectivity index (χ1) is 13.0. The maximum Gasteiger partial charge on any atom is 1.00 e. The number of halogens is 3. The number of carbonyl (C=O) groups excluding carboxylic acids is 1. The van der Waals surface area contributed by atoms with Crippen molar-refractivity contribution in [2.45, 2.75) is 25.6 Å². The molecule has 1 unspecified atom stereocenters. The molecule has 0 aliphatic carbocycles. The molecule has 2 heterocycles. The van der Waals surface area contributed by atoms with Gasteiger partial charge in [-0.1, -0.05) is 12.1 Å². The molecule has 1 saturated heterocycles. The van der Waals surface area contributed by atoms with Gasteiger partial charge in [-0.15, -0.1) is 0 Å². The first kappa shape index (κ1) is 24.9. The Morgan fingerprint density at radius 3 is 2.76 bits per heavy atom. The number of nitrogens with one attached hydrogen (secondary N) is 1. The SMILES string of the molecule is O=C1NCc2cc(C3CN(Cc4cc(F)cc(C(F)F)c4)CCO3)ccc21.[CH3-].[Cs+]. The Morgan fingerprint density at radius 1 is 1.21 bits per heavy atom. The molecule has 2 aromatic carbocycles. The molecule has 2 aliphatic heterocycles. The Hall–Kier alpha value is -0.328. The van der Waals surface area contributed by atoms with E-state index in [2.05, 4.69) is 10.2 Å². The van der Waals surface area contributed by atoms with Crippen LogP contribution < -0.4 is 74.2 Å². The number of alkyl halides is 2. The molecule has 4 rings (SSSR count). The summed E-state index contributed by atoms with van der Waals surface area (Å²) in [5.74, 6) is -0.716. The van der Waals surface area contributed by atoms with Gasteiger partial charge < -0.3 is 17.5 Å². The first-order valence-corrected chi connectivity index (χ1v) is 8.82. The molecule has 2 aromatic rings. The third kappa shape index (κ3) is 5.88. The van der Waals surface area contributed by atoms with E-state index in [9.17, 15) is 18.0 Å². The van der Waals surface area contributed by atoms with E-state index < -0.39 is 12.2 Å². The van der Waals surface area contributed by atoms with Crippen molar-refractivity contribution in [1.82, 2.24) is 10.2 Å². The Morgan fingerprint density at radius 2 is 2.00 bits per heavy atom. The van der Waals surface area contributed by atoms with E-state index in [1.165, 1.54) is 12.1 Å². The van der Waals surface area contributed by atoms with Gasteiger partial charge in [0.05, 0.1) is 12.7 Å². The number of ether oxygens (including phenoxy) is 1. The molecule has 0 radical (unpaired) electrons. The number of hydrogen-bond acceptors (Lipinski definition) is 3. The summed E-state index contributed by atoms with van der Waals surface area (Å²) in [5.41, 5.74) is 2.83. The van der Waals surface area contributed by atoms with Crippen molar-refractivity contribution in [3.05, 3.63) is 77.5 Å². The topological polar surface area (TPSA) is 41.6 Å². The van der Waals surface area contributed by atoms with E-state index in [-0.39, 0.29) is 93.9 Å². The van der Waals surface area contributed by atoms with Crippen molar-refractivity contribution < 1.29 is 91.6 Å². The van der Waals surface area contributed by atoms with Gasteiger partial charge in [0, 0.05) is 37.3 Å². The second-order valence-corrected chi connectivity index (χ2v) is 6.89. The van der Waals surface area contributed by atoms with Crippen molar-refractivity contribution in [2.24, 2.45) is 0 Å². The summed E-state index contributed by atoms with van der Waals surface area (Å²) < 4.78 is 45.3. The molecule has 1 amide bonds. The number of rotatable bonds is 4. The molecule has 0 saturated carbocycles. The molecule has 1 atom stereocenters. The van der Waals surface area contributed by atoms with Gasteiger partial charge in [0.2, 0.25) is 0 Å². The van der Waals surface area contributed by atoms with Gasteiger partial charge in [-0.05, 0) is 41.0 Å². The summed E-state index contributed by atoms with van der Waals surface area (Å²) in [6, 6.07) is 9.17. The molecule has 1 fully saturated rings. The van der Waals surface area contributed by atoms with Crippen LogP contribution in [0.2, 0.25) is 0 Å².